The van der Waals surface area contributed by atoms with Crippen LogP contribution in [0.2, 0.25) is 0 Å². The molecule has 4 atom stereocenters. The summed E-state index contributed by atoms with van der Waals surface area (Å²) in [5, 5.41) is 5.74. The molecule has 3 saturated carbocycles. The number of likely N-dealkylation sites (N-methyl/N-ethyl adjacent to an activating group) is 1. The Morgan fingerprint density at radius 3 is 2.29 bits per heavy atom. The molecule has 11 heteroatoms. The Bertz CT molecular complexity index is 1280. The predicted molar refractivity (Wildman–Crippen MR) is 172 cm³/mol. The number of nitrogens with zero attached hydrogens (tertiary/aromatic N) is 3. The molecule has 3 aliphatic carbocycles. The second-order valence-corrected chi connectivity index (χ2v) is 16.1. The number of carbonyl (C=O) groups excluding carboxylic acids is 4. The first-order valence-corrected chi connectivity index (χ1v) is 18.1. The van der Waals surface area contributed by atoms with E-state index in [1.54, 1.807) is 17.5 Å². The Morgan fingerprint density at radius 2 is 1.64 bits per heavy atom. The van der Waals surface area contributed by atoms with E-state index >= 15 is 0 Å². The van der Waals surface area contributed by atoms with Crippen LogP contribution in [0.25, 0.3) is 0 Å². The summed E-state index contributed by atoms with van der Waals surface area (Å²) in [6.07, 6.45) is 10.7. The minimum atomic E-state index is -0.853. The quantitative estimate of drug-likeness (QED) is 0.399. The highest BCUT2D eigenvalue weighted by Crippen LogP contribution is 2.55. The van der Waals surface area contributed by atoms with Crippen molar-refractivity contribution in [1.29, 1.82) is 0 Å². The van der Waals surface area contributed by atoms with Crippen molar-refractivity contribution in [2.75, 3.05) is 39.8 Å². The minimum absolute atomic E-state index is 0.0194. The first-order chi connectivity index (χ1) is 21.5. The van der Waals surface area contributed by atoms with Crippen LogP contribution in [0, 0.1) is 28.6 Å². The van der Waals surface area contributed by atoms with Gasteiger partial charge < -0.3 is 25.2 Å². The number of thiazole rings is 1. The zero-order valence-corrected chi connectivity index (χ0v) is 28.3. The lowest BCUT2D eigenvalue weighted by molar-refractivity contribution is -0.152. The summed E-state index contributed by atoms with van der Waals surface area (Å²) in [4.78, 5) is 63.5. The van der Waals surface area contributed by atoms with Gasteiger partial charge in [-0.15, -0.1) is 11.3 Å². The summed E-state index contributed by atoms with van der Waals surface area (Å²) < 4.78 is 6.20. The Balaban J connectivity index is 1.18. The van der Waals surface area contributed by atoms with Gasteiger partial charge in [0, 0.05) is 57.1 Å². The molecule has 248 valence electrons. The fraction of sp³-hybridized carbons (Fsp3) is 0.794. The molecule has 0 bridgehead atoms. The lowest BCUT2D eigenvalue weighted by atomic mass is 9.70. The normalized spacial score (nSPS) is 27.2. The van der Waals surface area contributed by atoms with Gasteiger partial charge in [0.05, 0.1) is 23.2 Å². The molecule has 3 heterocycles. The molecule has 5 aliphatic rings. The van der Waals surface area contributed by atoms with Crippen molar-refractivity contribution in [2.24, 2.45) is 28.6 Å². The van der Waals surface area contributed by atoms with Crippen LogP contribution in [0.3, 0.4) is 0 Å². The second kappa shape index (κ2) is 12.9. The molecular formula is C34H51N5O5S. The van der Waals surface area contributed by atoms with Gasteiger partial charge in [-0.3, -0.25) is 19.2 Å². The van der Waals surface area contributed by atoms with Crippen molar-refractivity contribution in [2.45, 2.75) is 103 Å². The van der Waals surface area contributed by atoms with Crippen molar-refractivity contribution in [3.63, 3.8) is 0 Å². The number of rotatable bonds is 10. The highest BCUT2D eigenvalue weighted by atomic mass is 32.1. The second-order valence-electron chi connectivity index (χ2n) is 15.2. The molecule has 2 N–H and O–H groups in total. The van der Waals surface area contributed by atoms with Gasteiger partial charge in [0.1, 0.15) is 10.9 Å². The summed E-state index contributed by atoms with van der Waals surface area (Å²) >= 11 is 1.39. The SMILES string of the molecule is CNC(=O)[C@@H](NC(=O)[C@H]1CN(C(=O)c2scnc2C2CCCC2)CC12CN(C(=O)[C@H]1CC1(C)C)C2)[C@@H](C)OCC1CCCCC1. The van der Waals surface area contributed by atoms with Gasteiger partial charge >= 0.3 is 0 Å². The topological polar surface area (TPSA) is 121 Å². The maximum Gasteiger partial charge on any atom is 0.265 e. The number of aromatic nitrogens is 1. The minimum Gasteiger partial charge on any atom is -0.376 e. The summed E-state index contributed by atoms with van der Waals surface area (Å²) in [5.41, 5.74) is 2.13. The molecule has 2 aliphatic heterocycles. The molecule has 1 aromatic rings. The van der Waals surface area contributed by atoms with E-state index in [1.165, 1.54) is 30.6 Å². The van der Waals surface area contributed by atoms with Crippen LogP contribution in [0.15, 0.2) is 5.51 Å². The van der Waals surface area contributed by atoms with Gasteiger partial charge in [0.2, 0.25) is 17.7 Å². The Hall–Kier alpha value is -2.53. The summed E-state index contributed by atoms with van der Waals surface area (Å²) in [6, 6.07) is -0.853. The number of carbonyl (C=O) groups is 4. The maximum absolute atomic E-state index is 14.2. The third-order valence-corrected chi connectivity index (χ3v) is 12.4. The van der Waals surface area contributed by atoms with Gasteiger partial charge in [-0.05, 0) is 50.4 Å². The number of amides is 4. The van der Waals surface area contributed by atoms with Gasteiger partial charge in [-0.1, -0.05) is 46.0 Å². The van der Waals surface area contributed by atoms with Crippen molar-refractivity contribution < 1.29 is 23.9 Å². The number of ether oxygens (including phenoxy) is 1. The van der Waals surface area contributed by atoms with Crippen LogP contribution in [-0.2, 0) is 19.1 Å². The number of likely N-dealkylation sites (tertiary alicyclic amines) is 2. The average Bonchev–Trinajstić information content (AvgIpc) is 3.55. The molecule has 1 spiro atoms. The average molecular weight is 642 g/mol. The predicted octanol–water partition coefficient (Wildman–Crippen LogP) is 3.96. The van der Waals surface area contributed by atoms with Crippen molar-refractivity contribution in [1.82, 2.24) is 25.4 Å². The van der Waals surface area contributed by atoms with E-state index in [0.29, 0.717) is 43.0 Å². The highest BCUT2D eigenvalue weighted by molar-refractivity contribution is 7.11. The van der Waals surface area contributed by atoms with E-state index in [2.05, 4.69) is 29.5 Å². The molecule has 0 unspecified atom stereocenters. The zero-order chi connectivity index (χ0) is 31.9. The summed E-state index contributed by atoms with van der Waals surface area (Å²) in [7, 11) is 1.57. The summed E-state index contributed by atoms with van der Waals surface area (Å²) in [6.45, 7) is 8.19. The van der Waals surface area contributed by atoms with E-state index in [9.17, 15) is 19.2 Å². The van der Waals surface area contributed by atoms with Crippen molar-refractivity contribution >= 4 is 35.0 Å². The van der Waals surface area contributed by atoms with Crippen LogP contribution in [0.1, 0.15) is 106 Å². The zero-order valence-electron chi connectivity index (χ0n) is 27.4. The molecule has 45 heavy (non-hydrogen) atoms. The fourth-order valence-corrected chi connectivity index (χ4v) is 9.22. The molecule has 6 rings (SSSR count). The Morgan fingerprint density at radius 1 is 1.00 bits per heavy atom. The Kier molecular flexibility index (Phi) is 9.32. The van der Waals surface area contributed by atoms with Crippen molar-refractivity contribution in [3.8, 4) is 0 Å². The molecule has 2 saturated heterocycles. The monoisotopic (exact) mass is 641 g/mol. The van der Waals surface area contributed by atoms with E-state index < -0.39 is 23.5 Å². The Labute approximate surface area is 271 Å². The molecule has 0 radical (unpaired) electrons. The molecule has 1 aromatic heterocycles. The lowest BCUT2D eigenvalue weighted by Crippen LogP contribution is -2.65. The molecule has 4 amide bonds. The molecule has 5 fully saturated rings. The third-order valence-electron chi connectivity index (χ3n) is 11.5. The number of nitrogens with one attached hydrogen (secondary N) is 2. The van der Waals surface area contributed by atoms with Crippen molar-refractivity contribution in [3.05, 3.63) is 16.1 Å². The smallest absolute Gasteiger partial charge is 0.265 e. The van der Waals surface area contributed by atoms with Gasteiger partial charge in [-0.2, -0.15) is 0 Å². The van der Waals surface area contributed by atoms with Gasteiger partial charge in [-0.25, -0.2) is 4.98 Å². The van der Waals surface area contributed by atoms with Gasteiger partial charge in [0.15, 0.2) is 0 Å². The largest absolute Gasteiger partial charge is 0.376 e. The highest BCUT2D eigenvalue weighted by Gasteiger charge is 2.62. The van der Waals surface area contributed by atoms with Crippen LogP contribution >= 0.6 is 11.3 Å². The maximum atomic E-state index is 14.2. The standard InChI is InChI=1S/C34H51N5O5S/c1-21(44-16-22-10-6-5-7-11-22)26(30(41)35-4)37-29(40)25-15-38(32(43)28-27(36-20-45-28)23-12-8-9-13-23)17-34(25)18-39(19-34)31(42)24-14-33(24,2)3/h20-26H,5-19H2,1-4H3,(H,35,41)(H,37,40)/t21-,24-,25-,26+/m1/s1. The first-order valence-electron chi connectivity index (χ1n) is 17.2. The number of hydrogen-bond donors (Lipinski definition) is 2. The van der Waals surface area contributed by atoms with Gasteiger partial charge in [0.25, 0.3) is 5.91 Å². The van der Waals surface area contributed by atoms with E-state index in [-0.39, 0.29) is 41.5 Å². The van der Waals surface area contributed by atoms with Crippen LogP contribution in [-0.4, -0.2) is 90.4 Å². The summed E-state index contributed by atoms with van der Waals surface area (Å²) in [5.74, 6) is -0.213. The number of hydrogen-bond acceptors (Lipinski definition) is 7. The third kappa shape index (κ3) is 6.53. The molecule has 10 nitrogen and oxygen atoms in total. The van der Waals surface area contributed by atoms with E-state index in [1.807, 2.05) is 11.8 Å². The van der Waals surface area contributed by atoms with E-state index in [4.69, 9.17) is 4.74 Å². The fourth-order valence-electron chi connectivity index (χ4n) is 8.38. The molecule has 0 aromatic carbocycles. The van der Waals surface area contributed by atoms with Crippen LogP contribution in [0.5, 0.6) is 0 Å². The van der Waals surface area contributed by atoms with E-state index in [0.717, 1.165) is 50.6 Å². The first kappa shape index (κ1) is 32.4. The molecular weight excluding hydrogens is 590 g/mol. The lowest BCUT2D eigenvalue weighted by Gasteiger charge is -2.50. The van der Waals surface area contributed by atoms with Crippen LogP contribution in [0.4, 0.5) is 0 Å². The van der Waals surface area contributed by atoms with Crippen LogP contribution < -0.4 is 10.6 Å².